The van der Waals surface area contributed by atoms with Crippen molar-refractivity contribution < 1.29 is 9.72 Å². The van der Waals surface area contributed by atoms with Crippen molar-refractivity contribution in [3.8, 4) is 0 Å². The lowest BCUT2D eigenvalue weighted by atomic mass is 9.97. The minimum atomic E-state index is -0.483. The largest absolute Gasteiger partial charge is 0.378 e. The Hall–Kier alpha value is -3.18. The Morgan fingerprint density at radius 1 is 0.963 bits per heavy atom. The number of nitro groups is 1. The second-order valence-electron chi connectivity index (χ2n) is 6.05. The van der Waals surface area contributed by atoms with E-state index in [1.165, 1.54) is 24.3 Å². The fraction of sp³-hybridized carbons (Fsp3) is 0.0952. The Morgan fingerprint density at radius 3 is 2.19 bits per heavy atom. The summed E-state index contributed by atoms with van der Waals surface area (Å²) in [5, 5.41) is 14.8. The summed E-state index contributed by atoms with van der Waals surface area (Å²) in [7, 11) is 0. The number of nitrogens with zero attached hydrogens (tertiary/aromatic N) is 1. The predicted octanol–water partition coefficient (Wildman–Crippen LogP) is 5.67. The molecule has 0 aliphatic carbocycles. The maximum absolute atomic E-state index is 12.7. The minimum absolute atomic E-state index is 0.0366. The summed E-state index contributed by atoms with van der Waals surface area (Å²) in [5.74, 6) is -0.0970. The first-order chi connectivity index (χ1) is 13.0. The third kappa shape index (κ3) is 4.92. The van der Waals surface area contributed by atoms with Crippen LogP contribution in [0.3, 0.4) is 0 Å². The summed E-state index contributed by atoms with van der Waals surface area (Å²) < 4.78 is 0. The lowest BCUT2D eigenvalue weighted by Gasteiger charge is -2.20. The van der Waals surface area contributed by atoms with Crippen LogP contribution in [-0.2, 0) is 0 Å². The first kappa shape index (κ1) is 18.6. The number of nitro benzene ring substituents is 1. The van der Waals surface area contributed by atoms with Gasteiger partial charge in [0.15, 0.2) is 5.78 Å². The van der Waals surface area contributed by atoms with Gasteiger partial charge in [-0.25, -0.2) is 0 Å². The molecule has 136 valence electrons. The van der Waals surface area contributed by atoms with Gasteiger partial charge in [0.05, 0.1) is 11.0 Å². The van der Waals surface area contributed by atoms with E-state index < -0.39 is 4.92 Å². The number of anilines is 1. The molecule has 1 atom stereocenters. The van der Waals surface area contributed by atoms with Gasteiger partial charge in [-0.15, -0.1) is 0 Å². The van der Waals surface area contributed by atoms with Crippen LogP contribution in [0, 0.1) is 10.1 Å². The van der Waals surface area contributed by atoms with E-state index in [4.69, 9.17) is 11.6 Å². The molecule has 1 unspecified atom stereocenters. The molecule has 0 fully saturated rings. The van der Waals surface area contributed by atoms with Gasteiger partial charge in [0.2, 0.25) is 0 Å². The summed E-state index contributed by atoms with van der Waals surface area (Å²) in [4.78, 5) is 23.0. The van der Waals surface area contributed by atoms with Crippen molar-refractivity contribution in [3.05, 3.63) is 105 Å². The lowest BCUT2D eigenvalue weighted by Crippen LogP contribution is -2.15. The van der Waals surface area contributed by atoms with Gasteiger partial charge in [-0.05, 0) is 42.0 Å². The number of non-ortho nitro benzene ring substituents is 1. The van der Waals surface area contributed by atoms with E-state index in [2.05, 4.69) is 5.32 Å². The molecule has 0 aromatic heterocycles. The molecule has 27 heavy (non-hydrogen) atoms. The van der Waals surface area contributed by atoms with E-state index in [1.54, 1.807) is 12.1 Å². The third-order valence-corrected chi connectivity index (χ3v) is 4.43. The molecule has 0 amide bonds. The summed E-state index contributed by atoms with van der Waals surface area (Å²) in [6.45, 7) is 0. The van der Waals surface area contributed by atoms with Crippen molar-refractivity contribution in [2.45, 2.75) is 12.5 Å². The topological polar surface area (TPSA) is 72.2 Å². The van der Waals surface area contributed by atoms with Crippen LogP contribution in [0.1, 0.15) is 28.4 Å². The monoisotopic (exact) mass is 380 g/mol. The number of carbonyl (C=O) groups excluding carboxylic acids is 1. The average molecular weight is 381 g/mol. The zero-order chi connectivity index (χ0) is 19.2. The molecule has 0 aliphatic heterocycles. The molecule has 0 saturated carbocycles. The standard InChI is InChI=1S/C21H17ClN2O3/c22-17-8-10-18(11-9-17)23-20(15-4-2-1-3-5-15)14-21(25)16-6-12-19(13-7-16)24(26)27/h1-13,20,23H,14H2. The number of hydrogen-bond acceptors (Lipinski definition) is 4. The smallest absolute Gasteiger partial charge is 0.269 e. The Bertz CT molecular complexity index is 926. The molecule has 0 heterocycles. The molecule has 0 bridgehead atoms. The highest BCUT2D eigenvalue weighted by atomic mass is 35.5. The van der Waals surface area contributed by atoms with Crippen LogP contribution in [-0.4, -0.2) is 10.7 Å². The number of Topliss-reactive ketones (excluding diaryl/α,β-unsaturated/α-hetero) is 1. The molecule has 0 spiro atoms. The summed E-state index contributed by atoms with van der Waals surface area (Å²) in [6.07, 6.45) is 0.213. The number of hydrogen-bond donors (Lipinski definition) is 1. The maximum Gasteiger partial charge on any atom is 0.269 e. The molecular formula is C21H17ClN2O3. The van der Waals surface area contributed by atoms with Crippen molar-refractivity contribution in [2.75, 3.05) is 5.32 Å². The molecule has 6 heteroatoms. The third-order valence-electron chi connectivity index (χ3n) is 4.18. The summed E-state index contributed by atoms with van der Waals surface area (Å²) in [5.41, 5.74) is 2.23. The minimum Gasteiger partial charge on any atom is -0.378 e. The van der Waals surface area contributed by atoms with Gasteiger partial charge in [-0.2, -0.15) is 0 Å². The van der Waals surface area contributed by atoms with Crippen molar-refractivity contribution in [3.63, 3.8) is 0 Å². The summed E-state index contributed by atoms with van der Waals surface area (Å²) >= 11 is 5.93. The van der Waals surface area contributed by atoms with Crippen molar-refractivity contribution >= 4 is 28.8 Å². The van der Waals surface area contributed by atoms with Crippen LogP contribution in [0.25, 0.3) is 0 Å². The maximum atomic E-state index is 12.7. The molecule has 3 aromatic rings. The number of rotatable bonds is 7. The van der Waals surface area contributed by atoms with Gasteiger partial charge < -0.3 is 5.32 Å². The highest BCUT2D eigenvalue weighted by Gasteiger charge is 2.18. The van der Waals surface area contributed by atoms with Crippen molar-refractivity contribution in [2.24, 2.45) is 0 Å². The van der Waals surface area contributed by atoms with Crippen LogP contribution in [0.4, 0.5) is 11.4 Å². The number of benzene rings is 3. The molecular weight excluding hydrogens is 364 g/mol. The molecule has 0 saturated heterocycles. The number of ketones is 1. The van der Waals surface area contributed by atoms with Gasteiger partial charge >= 0.3 is 0 Å². The quantitative estimate of drug-likeness (QED) is 0.325. The Kier molecular flexibility index (Phi) is 5.84. The second kappa shape index (κ2) is 8.47. The predicted molar refractivity (Wildman–Crippen MR) is 106 cm³/mol. The highest BCUT2D eigenvalue weighted by Crippen LogP contribution is 2.26. The van der Waals surface area contributed by atoms with Crippen LogP contribution in [0.2, 0.25) is 5.02 Å². The molecule has 3 aromatic carbocycles. The molecule has 5 nitrogen and oxygen atoms in total. The van der Waals surface area contributed by atoms with Crippen LogP contribution >= 0.6 is 11.6 Å². The average Bonchev–Trinajstić information content (AvgIpc) is 2.70. The fourth-order valence-corrected chi connectivity index (χ4v) is 2.88. The first-order valence-electron chi connectivity index (χ1n) is 8.37. The SMILES string of the molecule is O=C(CC(Nc1ccc(Cl)cc1)c1ccccc1)c1ccc([N+](=O)[O-])cc1. The van der Waals surface area contributed by atoms with Gasteiger partial charge in [0, 0.05) is 34.8 Å². The summed E-state index contributed by atoms with van der Waals surface area (Å²) in [6, 6.07) is 22.4. The van der Waals surface area contributed by atoms with Crippen LogP contribution < -0.4 is 5.32 Å². The van der Waals surface area contributed by atoms with Gasteiger partial charge in [0.1, 0.15) is 0 Å². The van der Waals surface area contributed by atoms with Gasteiger partial charge in [-0.1, -0.05) is 41.9 Å². The van der Waals surface area contributed by atoms with E-state index in [9.17, 15) is 14.9 Å². The van der Waals surface area contributed by atoms with Gasteiger partial charge in [0.25, 0.3) is 5.69 Å². The zero-order valence-corrected chi connectivity index (χ0v) is 15.1. The van der Waals surface area contributed by atoms with Crippen LogP contribution in [0.5, 0.6) is 0 Å². The highest BCUT2D eigenvalue weighted by molar-refractivity contribution is 6.30. The van der Waals surface area contributed by atoms with Crippen molar-refractivity contribution in [1.82, 2.24) is 0 Å². The molecule has 0 aliphatic rings. The first-order valence-corrected chi connectivity index (χ1v) is 8.75. The molecule has 3 rings (SSSR count). The Labute approximate surface area is 161 Å². The van der Waals surface area contributed by atoms with E-state index >= 15 is 0 Å². The number of carbonyl (C=O) groups is 1. The van der Waals surface area contributed by atoms with Crippen LogP contribution in [0.15, 0.2) is 78.9 Å². The number of halogens is 1. The van der Waals surface area contributed by atoms with E-state index in [0.29, 0.717) is 10.6 Å². The fourth-order valence-electron chi connectivity index (χ4n) is 2.76. The van der Waals surface area contributed by atoms with Gasteiger partial charge in [-0.3, -0.25) is 14.9 Å². The Balaban J connectivity index is 1.81. The zero-order valence-electron chi connectivity index (χ0n) is 14.3. The second-order valence-corrected chi connectivity index (χ2v) is 6.48. The van der Waals surface area contributed by atoms with Crippen molar-refractivity contribution in [1.29, 1.82) is 0 Å². The molecule has 1 N–H and O–H groups in total. The van der Waals surface area contributed by atoms with E-state index in [-0.39, 0.29) is 23.9 Å². The van der Waals surface area contributed by atoms with E-state index in [1.807, 2.05) is 42.5 Å². The molecule has 0 radical (unpaired) electrons. The normalized spacial score (nSPS) is 11.6. The lowest BCUT2D eigenvalue weighted by molar-refractivity contribution is -0.384. The van der Waals surface area contributed by atoms with E-state index in [0.717, 1.165) is 11.3 Å². The Morgan fingerprint density at radius 2 is 1.59 bits per heavy atom. The number of nitrogens with one attached hydrogen (secondary N) is 1.